The van der Waals surface area contributed by atoms with Crippen molar-refractivity contribution in [2.45, 2.75) is 77.5 Å². The second kappa shape index (κ2) is 8.17. The van der Waals surface area contributed by atoms with Gasteiger partial charge in [-0.3, -0.25) is 19.2 Å². The van der Waals surface area contributed by atoms with Gasteiger partial charge in [0.05, 0.1) is 6.04 Å². The number of hydrogen-bond acceptors (Lipinski definition) is 5. The van der Waals surface area contributed by atoms with Crippen LogP contribution >= 0.6 is 0 Å². The lowest BCUT2D eigenvalue weighted by molar-refractivity contribution is -0.147. The average Bonchev–Trinajstić information content (AvgIpc) is 3.33. The second-order valence-corrected chi connectivity index (χ2v) is 10.3. The maximum atomic E-state index is 13.3. The third-order valence-electron chi connectivity index (χ3n) is 7.08. The number of nitrogens with zero attached hydrogens (tertiary/aromatic N) is 1. The SMILES string of the molecule is CC1C[C@@H]2C[C@H]1[C@@H](C(=O)N[C@@H](C[C@@H]1CCNC1=O)C(N)=O)N2C(=O)[C@@H](N)C(C)(C)C. The lowest BCUT2D eigenvalue weighted by Gasteiger charge is -2.40. The van der Waals surface area contributed by atoms with Gasteiger partial charge in [0.2, 0.25) is 23.6 Å². The maximum Gasteiger partial charge on any atom is 0.243 e. The minimum atomic E-state index is -0.950. The topological polar surface area (TPSA) is 148 Å². The zero-order chi connectivity index (χ0) is 22.4. The average molecular weight is 422 g/mol. The molecule has 6 N–H and O–H groups in total. The Bertz CT molecular complexity index is 733. The van der Waals surface area contributed by atoms with E-state index in [9.17, 15) is 19.2 Å². The molecule has 7 atom stereocenters. The van der Waals surface area contributed by atoms with Crippen LogP contribution in [0.2, 0.25) is 0 Å². The third kappa shape index (κ3) is 4.17. The van der Waals surface area contributed by atoms with Crippen molar-refractivity contribution in [1.29, 1.82) is 0 Å². The fraction of sp³-hybridized carbons (Fsp3) is 0.810. The first-order chi connectivity index (χ1) is 13.9. The smallest absolute Gasteiger partial charge is 0.243 e. The molecule has 2 saturated heterocycles. The molecule has 0 radical (unpaired) electrons. The van der Waals surface area contributed by atoms with Crippen LogP contribution in [0.1, 0.15) is 53.4 Å². The largest absolute Gasteiger partial charge is 0.368 e. The maximum absolute atomic E-state index is 13.3. The fourth-order valence-electron chi connectivity index (χ4n) is 5.17. The molecule has 0 spiro atoms. The van der Waals surface area contributed by atoms with Gasteiger partial charge in [-0.05, 0) is 42.9 Å². The quantitative estimate of drug-likeness (QED) is 0.456. The molecule has 0 aromatic rings. The molecule has 0 aromatic heterocycles. The predicted octanol–water partition coefficient (Wildman–Crippen LogP) is -0.518. The lowest BCUT2D eigenvalue weighted by Crippen LogP contribution is -2.61. The van der Waals surface area contributed by atoms with E-state index in [1.54, 1.807) is 4.90 Å². The van der Waals surface area contributed by atoms with Crippen LogP contribution in [-0.2, 0) is 19.2 Å². The molecule has 9 nitrogen and oxygen atoms in total. The van der Waals surface area contributed by atoms with Crippen LogP contribution in [-0.4, -0.2) is 59.2 Å². The Kier molecular flexibility index (Phi) is 6.13. The summed E-state index contributed by atoms with van der Waals surface area (Å²) in [6.45, 7) is 8.34. The van der Waals surface area contributed by atoms with Crippen LogP contribution in [0, 0.1) is 23.2 Å². The summed E-state index contributed by atoms with van der Waals surface area (Å²) in [5.41, 5.74) is 11.3. The van der Waals surface area contributed by atoms with Crippen LogP contribution in [0.15, 0.2) is 0 Å². The second-order valence-electron chi connectivity index (χ2n) is 10.3. The highest BCUT2D eigenvalue weighted by atomic mass is 16.2. The minimum absolute atomic E-state index is 0.0192. The number of rotatable bonds is 6. The molecule has 3 aliphatic rings. The van der Waals surface area contributed by atoms with Crippen LogP contribution in [0.5, 0.6) is 0 Å². The number of primary amides is 1. The lowest BCUT2D eigenvalue weighted by atomic mass is 9.84. The summed E-state index contributed by atoms with van der Waals surface area (Å²) < 4.78 is 0. The van der Waals surface area contributed by atoms with Gasteiger partial charge in [0.15, 0.2) is 0 Å². The summed E-state index contributed by atoms with van der Waals surface area (Å²) in [6.07, 6.45) is 2.38. The standard InChI is InChI=1S/C21H35N5O4/c1-10-7-12-9-13(10)15(26(12)20(30)16(22)21(2,3)4)19(29)25-14(17(23)27)8-11-5-6-24-18(11)28/h10-16H,5-9,22H2,1-4H3,(H2,23,27)(H,24,28)(H,25,29)/t10?,11-,12+,13+,14-,15-,16+/m0/s1. The van der Waals surface area contributed by atoms with Crippen LogP contribution in [0.4, 0.5) is 0 Å². The molecule has 9 heteroatoms. The zero-order valence-electron chi connectivity index (χ0n) is 18.3. The van der Waals surface area contributed by atoms with Gasteiger partial charge in [-0.2, -0.15) is 0 Å². The molecule has 2 heterocycles. The number of piperidine rings is 1. The fourth-order valence-corrected chi connectivity index (χ4v) is 5.17. The van der Waals surface area contributed by atoms with Crippen molar-refractivity contribution in [1.82, 2.24) is 15.5 Å². The molecule has 1 unspecified atom stereocenters. The first-order valence-electron chi connectivity index (χ1n) is 10.9. The highest BCUT2D eigenvalue weighted by Gasteiger charge is 2.56. The van der Waals surface area contributed by atoms with Crippen molar-refractivity contribution in [2.75, 3.05) is 6.54 Å². The Morgan fingerprint density at radius 2 is 1.93 bits per heavy atom. The number of fused-ring (bicyclic) bond motifs is 2. The van der Waals surface area contributed by atoms with Crippen LogP contribution in [0.25, 0.3) is 0 Å². The third-order valence-corrected chi connectivity index (χ3v) is 7.08. The Balaban J connectivity index is 1.78. The van der Waals surface area contributed by atoms with Gasteiger partial charge < -0.3 is 27.0 Å². The molecular formula is C21H35N5O4. The van der Waals surface area contributed by atoms with Gasteiger partial charge in [0, 0.05) is 18.5 Å². The van der Waals surface area contributed by atoms with E-state index in [-0.39, 0.29) is 42.0 Å². The van der Waals surface area contributed by atoms with Gasteiger partial charge >= 0.3 is 0 Å². The van der Waals surface area contributed by atoms with Gasteiger partial charge in [0.1, 0.15) is 12.1 Å². The number of carbonyl (C=O) groups is 4. The van der Waals surface area contributed by atoms with E-state index in [0.717, 1.165) is 12.8 Å². The molecule has 4 amide bonds. The highest BCUT2D eigenvalue weighted by Crippen LogP contribution is 2.47. The van der Waals surface area contributed by atoms with Crippen LogP contribution in [0.3, 0.4) is 0 Å². The number of nitrogens with two attached hydrogens (primary N) is 2. The summed E-state index contributed by atoms with van der Waals surface area (Å²) in [4.78, 5) is 52.0. The first-order valence-corrected chi connectivity index (χ1v) is 10.9. The van der Waals surface area contributed by atoms with E-state index < -0.39 is 29.4 Å². The van der Waals surface area contributed by atoms with Crippen molar-refractivity contribution in [3.8, 4) is 0 Å². The van der Waals surface area contributed by atoms with Crippen molar-refractivity contribution in [2.24, 2.45) is 34.6 Å². The number of amides is 4. The van der Waals surface area contributed by atoms with Gasteiger partial charge in [-0.25, -0.2) is 0 Å². The van der Waals surface area contributed by atoms with Gasteiger partial charge in [0.25, 0.3) is 0 Å². The van der Waals surface area contributed by atoms with Crippen molar-refractivity contribution < 1.29 is 19.2 Å². The van der Waals surface area contributed by atoms with Crippen molar-refractivity contribution in [3.05, 3.63) is 0 Å². The van der Waals surface area contributed by atoms with Crippen molar-refractivity contribution >= 4 is 23.6 Å². The molecule has 168 valence electrons. The Morgan fingerprint density at radius 1 is 1.27 bits per heavy atom. The van der Waals surface area contributed by atoms with E-state index in [2.05, 4.69) is 17.6 Å². The molecule has 3 fully saturated rings. The Labute approximate surface area is 177 Å². The number of carbonyl (C=O) groups excluding carboxylic acids is 4. The molecule has 1 aliphatic carbocycles. The van der Waals surface area contributed by atoms with Crippen molar-refractivity contribution in [3.63, 3.8) is 0 Å². The van der Waals surface area contributed by atoms with E-state index in [0.29, 0.717) is 18.9 Å². The summed E-state index contributed by atoms with van der Waals surface area (Å²) in [6, 6.07) is -2.36. The Hall–Kier alpha value is -2.16. The normalized spacial score (nSPS) is 32.6. The van der Waals surface area contributed by atoms with E-state index in [4.69, 9.17) is 11.5 Å². The summed E-state index contributed by atoms with van der Waals surface area (Å²) in [5, 5.41) is 5.47. The summed E-state index contributed by atoms with van der Waals surface area (Å²) in [5.74, 6) is -1.45. The molecule has 0 aromatic carbocycles. The molecular weight excluding hydrogens is 386 g/mol. The number of nitrogens with one attached hydrogen (secondary N) is 2. The summed E-state index contributed by atoms with van der Waals surface area (Å²) >= 11 is 0. The summed E-state index contributed by atoms with van der Waals surface area (Å²) in [7, 11) is 0. The minimum Gasteiger partial charge on any atom is -0.368 e. The molecule has 30 heavy (non-hydrogen) atoms. The number of likely N-dealkylation sites (tertiary alicyclic amines) is 1. The van der Waals surface area contributed by atoms with Crippen LogP contribution < -0.4 is 22.1 Å². The highest BCUT2D eigenvalue weighted by molar-refractivity contribution is 5.94. The molecule has 2 aliphatic heterocycles. The zero-order valence-corrected chi connectivity index (χ0v) is 18.3. The predicted molar refractivity (Wildman–Crippen MR) is 111 cm³/mol. The van der Waals surface area contributed by atoms with Gasteiger partial charge in [-0.1, -0.05) is 27.7 Å². The van der Waals surface area contributed by atoms with Gasteiger partial charge in [-0.15, -0.1) is 0 Å². The van der Waals surface area contributed by atoms with E-state index >= 15 is 0 Å². The van der Waals surface area contributed by atoms with E-state index in [1.807, 2.05) is 20.8 Å². The molecule has 3 rings (SSSR count). The first kappa shape index (κ1) is 22.5. The van der Waals surface area contributed by atoms with E-state index in [1.165, 1.54) is 0 Å². The molecule has 2 bridgehead atoms. The monoisotopic (exact) mass is 421 g/mol. The molecule has 1 saturated carbocycles. The Morgan fingerprint density at radius 3 is 2.47 bits per heavy atom. The number of hydrogen-bond donors (Lipinski definition) is 4.